The van der Waals surface area contributed by atoms with E-state index in [0.717, 1.165) is 0 Å². The molecule has 4 heteroatoms. The number of methoxy groups -OCH3 is 1. The second-order valence-electron chi connectivity index (χ2n) is 1.91. The molecular formula is C7H7NO2S. The summed E-state index contributed by atoms with van der Waals surface area (Å²) in [7, 11) is 1.33. The Morgan fingerprint density at radius 3 is 2.55 bits per heavy atom. The van der Waals surface area contributed by atoms with Gasteiger partial charge in [0.05, 0.1) is 7.11 Å². The summed E-state index contributed by atoms with van der Waals surface area (Å²) in [5.41, 5.74) is 0. The van der Waals surface area contributed by atoms with Gasteiger partial charge in [0, 0.05) is 16.9 Å². The Morgan fingerprint density at radius 1 is 1.55 bits per heavy atom. The topological polar surface area (TPSA) is 31.2 Å². The summed E-state index contributed by atoms with van der Waals surface area (Å²) in [6.07, 6.45) is 2.71. The number of pyridine rings is 1. The average Bonchev–Trinajstić information content (AvgIpc) is 2.05. The third-order valence-electron chi connectivity index (χ3n) is 1.18. The Bertz CT molecular complexity index is 298. The molecule has 1 heterocycles. The van der Waals surface area contributed by atoms with Gasteiger partial charge in [-0.15, -0.1) is 0 Å². The van der Waals surface area contributed by atoms with Crippen molar-refractivity contribution in [3.63, 3.8) is 0 Å². The predicted octanol–water partition coefficient (Wildman–Crippen LogP) is 1.83. The molecule has 0 fully saturated rings. The Kier molecular flexibility index (Phi) is 2.38. The molecular weight excluding hydrogens is 162 g/mol. The highest BCUT2D eigenvalue weighted by Crippen LogP contribution is 1.92. The zero-order valence-corrected chi connectivity index (χ0v) is 6.80. The fourth-order valence-electron chi connectivity index (χ4n) is 0.640. The molecule has 11 heavy (non-hydrogen) atoms. The Labute approximate surface area is 69.2 Å². The van der Waals surface area contributed by atoms with Crippen molar-refractivity contribution < 1.29 is 9.53 Å². The number of carbonyl (C=O) groups excluding carboxylic acids is 1. The fourth-order valence-corrected chi connectivity index (χ4v) is 0.762. The van der Waals surface area contributed by atoms with E-state index in [1.165, 1.54) is 11.7 Å². The molecule has 1 aromatic heterocycles. The fraction of sp³-hybridized carbons (Fsp3) is 0.143. The van der Waals surface area contributed by atoms with Crippen LogP contribution in [-0.4, -0.2) is 17.8 Å². The first-order valence-corrected chi connectivity index (χ1v) is 3.41. The van der Waals surface area contributed by atoms with Crippen molar-refractivity contribution >= 4 is 18.3 Å². The van der Waals surface area contributed by atoms with Crippen LogP contribution >= 0.6 is 12.2 Å². The Morgan fingerprint density at radius 2 is 2.09 bits per heavy atom. The molecule has 0 aliphatic rings. The first-order valence-electron chi connectivity index (χ1n) is 3.00. The molecule has 1 aromatic rings. The number of hydrogen-bond donors (Lipinski definition) is 0. The highest BCUT2D eigenvalue weighted by molar-refractivity contribution is 7.71. The van der Waals surface area contributed by atoms with Crippen molar-refractivity contribution in [1.82, 2.24) is 4.57 Å². The lowest BCUT2D eigenvalue weighted by molar-refractivity contribution is 0.172. The maximum Gasteiger partial charge on any atom is 0.417 e. The van der Waals surface area contributed by atoms with Crippen molar-refractivity contribution in [2.24, 2.45) is 0 Å². The van der Waals surface area contributed by atoms with Crippen LogP contribution in [0.5, 0.6) is 0 Å². The van der Waals surface area contributed by atoms with Gasteiger partial charge in [0.1, 0.15) is 0 Å². The number of nitrogens with zero attached hydrogens (tertiary/aromatic N) is 1. The maximum atomic E-state index is 10.8. The molecule has 3 nitrogen and oxygen atoms in total. The molecule has 58 valence electrons. The van der Waals surface area contributed by atoms with Crippen molar-refractivity contribution in [3.8, 4) is 0 Å². The van der Waals surface area contributed by atoms with Crippen LogP contribution in [0.2, 0.25) is 0 Å². The van der Waals surface area contributed by atoms with Gasteiger partial charge in [-0.25, -0.2) is 4.79 Å². The molecule has 0 unspecified atom stereocenters. The second-order valence-corrected chi connectivity index (χ2v) is 2.38. The van der Waals surface area contributed by atoms with Crippen LogP contribution < -0.4 is 0 Å². The Hall–Kier alpha value is -1.16. The van der Waals surface area contributed by atoms with E-state index < -0.39 is 6.09 Å². The second kappa shape index (κ2) is 3.30. The predicted molar refractivity (Wildman–Crippen MR) is 43.1 cm³/mol. The van der Waals surface area contributed by atoms with Crippen molar-refractivity contribution in [2.75, 3.05) is 7.11 Å². The summed E-state index contributed by atoms with van der Waals surface area (Å²) in [4.78, 5) is 10.8. The number of aromatic nitrogens is 1. The third-order valence-corrected chi connectivity index (χ3v) is 1.46. The monoisotopic (exact) mass is 169 g/mol. The van der Waals surface area contributed by atoms with Crippen LogP contribution in [0.1, 0.15) is 0 Å². The zero-order chi connectivity index (χ0) is 8.27. The highest BCUT2D eigenvalue weighted by Gasteiger charge is 1.97. The van der Waals surface area contributed by atoms with Crippen molar-refractivity contribution in [3.05, 3.63) is 29.0 Å². The van der Waals surface area contributed by atoms with Crippen LogP contribution in [0, 0.1) is 4.51 Å². The molecule has 0 saturated heterocycles. The summed E-state index contributed by atoms with van der Waals surface area (Å²) in [6.45, 7) is 0. The number of ether oxygens (including phenoxy) is 1. The van der Waals surface area contributed by atoms with Crippen LogP contribution in [0.25, 0.3) is 0 Å². The van der Waals surface area contributed by atoms with Gasteiger partial charge in [-0.3, -0.25) is 4.57 Å². The lowest BCUT2D eigenvalue weighted by Crippen LogP contribution is -2.09. The highest BCUT2D eigenvalue weighted by atomic mass is 32.1. The van der Waals surface area contributed by atoms with Crippen LogP contribution in [0.4, 0.5) is 4.79 Å². The molecule has 0 amide bonds. The molecule has 0 spiro atoms. The maximum absolute atomic E-state index is 10.8. The molecule has 0 aliphatic carbocycles. The van der Waals surface area contributed by atoms with Gasteiger partial charge in [-0.2, -0.15) is 0 Å². The molecule has 0 saturated carbocycles. The Balaban J connectivity index is 2.99. The van der Waals surface area contributed by atoms with E-state index in [-0.39, 0.29) is 0 Å². The molecule has 0 N–H and O–H groups in total. The van der Waals surface area contributed by atoms with E-state index in [4.69, 9.17) is 12.2 Å². The van der Waals surface area contributed by atoms with Crippen LogP contribution in [0.15, 0.2) is 24.5 Å². The minimum Gasteiger partial charge on any atom is -0.452 e. The summed E-state index contributed by atoms with van der Waals surface area (Å²) in [5.74, 6) is 0. The van der Waals surface area contributed by atoms with Gasteiger partial charge in [0.15, 0.2) is 0 Å². The van der Waals surface area contributed by atoms with Crippen LogP contribution in [0.3, 0.4) is 0 Å². The van der Waals surface area contributed by atoms with E-state index in [0.29, 0.717) is 4.51 Å². The number of carbonyl (C=O) groups is 1. The summed E-state index contributed by atoms with van der Waals surface area (Å²) < 4.78 is 6.48. The zero-order valence-electron chi connectivity index (χ0n) is 5.98. The van der Waals surface area contributed by atoms with E-state index in [2.05, 4.69) is 4.74 Å². The first kappa shape index (κ1) is 7.94. The lowest BCUT2D eigenvalue weighted by Gasteiger charge is -2.00. The molecule has 1 rings (SSSR count). The molecule has 0 aromatic carbocycles. The van der Waals surface area contributed by atoms with Gasteiger partial charge in [0.2, 0.25) is 0 Å². The summed E-state index contributed by atoms with van der Waals surface area (Å²) in [5, 5.41) is 0. The number of rotatable bonds is 0. The van der Waals surface area contributed by atoms with Crippen LogP contribution in [-0.2, 0) is 4.74 Å². The quantitative estimate of drug-likeness (QED) is 0.555. The molecule has 0 aliphatic heterocycles. The molecule has 0 atom stereocenters. The third kappa shape index (κ3) is 1.88. The van der Waals surface area contributed by atoms with E-state index in [1.807, 2.05) is 0 Å². The molecule has 0 bridgehead atoms. The van der Waals surface area contributed by atoms with Gasteiger partial charge in [-0.1, -0.05) is 12.2 Å². The minimum atomic E-state index is -0.417. The first-order chi connectivity index (χ1) is 5.24. The standard InChI is InChI=1S/C7H7NO2S/c1-10-7(9)8-4-2-6(11)3-5-8/h2-5H,1H3. The van der Waals surface area contributed by atoms with Crippen molar-refractivity contribution in [2.45, 2.75) is 0 Å². The normalized spacial score (nSPS) is 9.18. The minimum absolute atomic E-state index is 0.417. The average molecular weight is 169 g/mol. The lowest BCUT2D eigenvalue weighted by atomic mass is 10.5. The summed E-state index contributed by atoms with van der Waals surface area (Å²) >= 11 is 4.83. The van der Waals surface area contributed by atoms with Crippen molar-refractivity contribution in [1.29, 1.82) is 0 Å². The van der Waals surface area contributed by atoms with Gasteiger partial charge >= 0.3 is 6.09 Å². The van der Waals surface area contributed by atoms with E-state index in [1.54, 1.807) is 24.5 Å². The number of hydrogen-bond acceptors (Lipinski definition) is 3. The summed E-state index contributed by atoms with van der Waals surface area (Å²) in [6, 6.07) is 3.32. The molecule has 0 radical (unpaired) electrons. The van der Waals surface area contributed by atoms with Gasteiger partial charge in [-0.05, 0) is 12.1 Å². The smallest absolute Gasteiger partial charge is 0.417 e. The largest absolute Gasteiger partial charge is 0.452 e. The van der Waals surface area contributed by atoms with E-state index in [9.17, 15) is 4.79 Å². The van der Waals surface area contributed by atoms with E-state index >= 15 is 0 Å². The van der Waals surface area contributed by atoms with Gasteiger partial charge < -0.3 is 4.74 Å². The van der Waals surface area contributed by atoms with Gasteiger partial charge in [0.25, 0.3) is 0 Å². The SMILES string of the molecule is COC(=O)n1ccc(=S)cc1.